The quantitative estimate of drug-likeness (QED) is 0.917. The summed E-state index contributed by atoms with van der Waals surface area (Å²) in [5.41, 5.74) is 3.86. The van der Waals surface area contributed by atoms with Crippen LogP contribution in [0.5, 0.6) is 0 Å². The van der Waals surface area contributed by atoms with Gasteiger partial charge in [-0.25, -0.2) is 5.01 Å². The number of hydrogen-bond donors (Lipinski definition) is 1. The highest BCUT2D eigenvalue weighted by Crippen LogP contribution is 2.32. The smallest absolute Gasteiger partial charge is 0.273 e. The van der Waals surface area contributed by atoms with Crippen molar-refractivity contribution in [3.63, 3.8) is 0 Å². The molecule has 1 aromatic carbocycles. The number of benzene rings is 1. The third-order valence-electron chi connectivity index (χ3n) is 4.79. The van der Waals surface area contributed by atoms with Crippen LogP contribution in [-0.4, -0.2) is 32.1 Å². The van der Waals surface area contributed by atoms with Crippen molar-refractivity contribution in [1.82, 2.24) is 20.2 Å². The molecule has 0 bridgehead atoms. The summed E-state index contributed by atoms with van der Waals surface area (Å²) in [5, 5.41) is 5.78. The Labute approximate surface area is 141 Å². The van der Waals surface area contributed by atoms with Gasteiger partial charge in [-0.15, -0.1) is 0 Å². The fourth-order valence-electron chi connectivity index (χ4n) is 3.20. The van der Waals surface area contributed by atoms with Gasteiger partial charge in [-0.1, -0.05) is 44.2 Å². The zero-order valence-electron chi connectivity index (χ0n) is 14.0. The van der Waals surface area contributed by atoms with E-state index in [1.165, 1.54) is 5.01 Å². The molecule has 0 spiro atoms. The average Bonchev–Trinajstić information content (AvgIpc) is 3.20. The van der Waals surface area contributed by atoms with Crippen molar-refractivity contribution in [1.29, 1.82) is 0 Å². The Bertz CT molecular complexity index is 734. The Kier molecular flexibility index (Phi) is 4.38. The number of rotatable bonds is 5. The van der Waals surface area contributed by atoms with Crippen LogP contribution >= 0.6 is 0 Å². The van der Waals surface area contributed by atoms with Crippen molar-refractivity contribution in [3.8, 4) is 0 Å². The SMILES string of the molecule is CCC1(CC)CC(=O)NN1C(=O)c1cnn(Cc2ccccc2)c1. The molecule has 2 amide bonds. The number of nitrogens with one attached hydrogen (secondary N) is 1. The normalized spacial score (nSPS) is 16.2. The predicted octanol–water partition coefficient (Wildman–Crippen LogP) is 2.37. The molecule has 3 rings (SSSR count). The fourth-order valence-corrected chi connectivity index (χ4v) is 3.20. The van der Waals surface area contributed by atoms with Crippen molar-refractivity contribution < 1.29 is 9.59 Å². The molecular formula is C18H22N4O2. The van der Waals surface area contributed by atoms with E-state index in [9.17, 15) is 9.59 Å². The molecule has 0 atom stereocenters. The first kappa shape index (κ1) is 16.2. The minimum atomic E-state index is -0.449. The third kappa shape index (κ3) is 2.91. The fraction of sp³-hybridized carbons (Fsp3) is 0.389. The standard InChI is InChI=1S/C18H22N4O2/c1-3-18(4-2)10-16(23)20-22(18)17(24)15-11-19-21(13-15)12-14-8-6-5-7-9-14/h5-9,11,13H,3-4,10,12H2,1-2H3,(H,20,23). The number of hydrogen-bond acceptors (Lipinski definition) is 3. The van der Waals surface area contributed by atoms with E-state index < -0.39 is 5.54 Å². The Morgan fingerprint density at radius 2 is 1.96 bits per heavy atom. The Morgan fingerprint density at radius 1 is 1.25 bits per heavy atom. The predicted molar refractivity (Wildman–Crippen MR) is 90.0 cm³/mol. The van der Waals surface area contributed by atoms with Crippen molar-refractivity contribution in [3.05, 3.63) is 53.9 Å². The topological polar surface area (TPSA) is 67.2 Å². The first-order chi connectivity index (χ1) is 11.6. The summed E-state index contributed by atoms with van der Waals surface area (Å²) < 4.78 is 1.74. The van der Waals surface area contributed by atoms with Crippen molar-refractivity contribution >= 4 is 11.8 Å². The van der Waals surface area contributed by atoms with E-state index in [1.54, 1.807) is 17.1 Å². The van der Waals surface area contributed by atoms with E-state index in [4.69, 9.17) is 0 Å². The second kappa shape index (κ2) is 6.47. The highest BCUT2D eigenvalue weighted by atomic mass is 16.2. The summed E-state index contributed by atoms with van der Waals surface area (Å²) in [6.45, 7) is 4.61. The number of hydrazine groups is 1. The lowest BCUT2D eigenvalue weighted by molar-refractivity contribution is -0.120. The summed E-state index contributed by atoms with van der Waals surface area (Å²) in [6.07, 6.45) is 5.10. The number of carbonyl (C=O) groups excluding carboxylic acids is 2. The van der Waals surface area contributed by atoms with Gasteiger partial charge in [-0.3, -0.25) is 19.7 Å². The lowest BCUT2D eigenvalue weighted by atomic mass is 9.89. The van der Waals surface area contributed by atoms with E-state index >= 15 is 0 Å². The van der Waals surface area contributed by atoms with E-state index in [0.717, 1.165) is 18.4 Å². The van der Waals surface area contributed by atoms with Gasteiger partial charge >= 0.3 is 0 Å². The van der Waals surface area contributed by atoms with Crippen LogP contribution in [-0.2, 0) is 11.3 Å². The van der Waals surface area contributed by atoms with Crippen LogP contribution in [0, 0.1) is 0 Å². The molecule has 2 aromatic rings. The van der Waals surface area contributed by atoms with Gasteiger partial charge in [0.25, 0.3) is 5.91 Å². The van der Waals surface area contributed by atoms with Gasteiger partial charge in [-0.2, -0.15) is 5.10 Å². The molecule has 1 aromatic heterocycles. The molecule has 0 radical (unpaired) electrons. The van der Waals surface area contributed by atoms with Gasteiger partial charge in [0.05, 0.1) is 30.3 Å². The maximum Gasteiger partial charge on any atom is 0.276 e. The van der Waals surface area contributed by atoms with E-state index in [1.807, 2.05) is 44.2 Å². The Balaban J connectivity index is 1.79. The van der Waals surface area contributed by atoms with Crippen LogP contribution in [0.3, 0.4) is 0 Å². The molecule has 1 saturated heterocycles. The van der Waals surface area contributed by atoms with E-state index in [-0.39, 0.29) is 11.8 Å². The molecule has 1 aliphatic heterocycles. The van der Waals surface area contributed by atoms with Crippen LogP contribution in [0.25, 0.3) is 0 Å². The molecule has 0 aliphatic carbocycles. The molecule has 24 heavy (non-hydrogen) atoms. The summed E-state index contributed by atoms with van der Waals surface area (Å²) in [5.74, 6) is -0.312. The van der Waals surface area contributed by atoms with Gasteiger partial charge in [0.15, 0.2) is 0 Å². The summed E-state index contributed by atoms with van der Waals surface area (Å²) in [6, 6.07) is 9.95. The van der Waals surface area contributed by atoms with Gasteiger partial charge in [0.1, 0.15) is 0 Å². The van der Waals surface area contributed by atoms with Crippen LogP contribution in [0.2, 0.25) is 0 Å². The lowest BCUT2D eigenvalue weighted by Crippen LogP contribution is -2.51. The molecule has 2 heterocycles. The van der Waals surface area contributed by atoms with Crippen molar-refractivity contribution in [2.45, 2.75) is 45.2 Å². The largest absolute Gasteiger partial charge is 0.276 e. The second-order valence-corrected chi connectivity index (χ2v) is 6.20. The van der Waals surface area contributed by atoms with Gasteiger partial charge in [-0.05, 0) is 18.4 Å². The lowest BCUT2D eigenvalue weighted by Gasteiger charge is -2.34. The number of nitrogens with zero attached hydrogens (tertiary/aromatic N) is 3. The summed E-state index contributed by atoms with van der Waals surface area (Å²) >= 11 is 0. The summed E-state index contributed by atoms with van der Waals surface area (Å²) in [7, 11) is 0. The molecule has 0 saturated carbocycles. The van der Waals surface area contributed by atoms with Crippen LogP contribution in [0.4, 0.5) is 0 Å². The average molecular weight is 326 g/mol. The third-order valence-corrected chi connectivity index (χ3v) is 4.79. The van der Waals surface area contributed by atoms with Crippen LogP contribution < -0.4 is 5.43 Å². The van der Waals surface area contributed by atoms with E-state index in [2.05, 4.69) is 10.5 Å². The molecule has 126 valence electrons. The highest BCUT2D eigenvalue weighted by molar-refractivity contribution is 5.97. The van der Waals surface area contributed by atoms with Gasteiger partial charge in [0, 0.05) is 6.20 Å². The molecule has 1 fully saturated rings. The maximum atomic E-state index is 12.8. The highest BCUT2D eigenvalue weighted by Gasteiger charge is 2.45. The first-order valence-electron chi connectivity index (χ1n) is 8.28. The Morgan fingerprint density at radius 3 is 2.62 bits per heavy atom. The van der Waals surface area contributed by atoms with Crippen molar-refractivity contribution in [2.24, 2.45) is 0 Å². The second-order valence-electron chi connectivity index (χ2n) is 6.20. The van der Waals surface area contributed by atoms with Crippen LogP contribution in [0.15, 0.2) is 42.7 Å². The van der Waals surface area contributed by atoms with Gasteiger partial charge < -0.3 is 0 Å². The summed E-state index contributed by atoms with van der Waals surface area (Å²) in [4.78, 5) is 24.7. The van der Waals surface area contributed by atoms with Crippen molar-refractivity contribution in [2.75, 3.05) is 0 Å². The zero-order chi connectivity index (χ0) is 17.2. The number of amides is 2. The van der Waals surface area contributed by atoms with E-state index in [0.29, 0.717) is 18.5 Å². The number of carbonyl (C=O) groups is 2. The van der Waals surface area contributed by atoms with Crippen LogP contribution in [0.1, 0.15) is 49.0 Å². The molecular weight excluding hydrogens is 304 g/mol. The maximum absolute atomic E-state index is 12.8. The molecule has 0 unspecified atom stereocenters. The zero-order valence-corrected chi connectivity index (χ0v) is 14.0. The monoisotopic (exact) mass is 326 g/mol. The first-order valence-corrected chi connectivity index (χ1v) is 8.28. The molecule has 1 N–H and O–H groups in total. The minimum Gasteiger partial charge on any atom is -0.273 e. The molecule has 6 nitrogen and oxygen atoms in total. The molecule has 6 heteroatoms. The molecule has 1 aliphatic rings. The minimum absolute atomic E-state index is 0.108. The number of aromatic nitrogens is 2. The van der Waals surface area contributed by atoms with Gasteiger partial charge in [0.2, 0.25) is 5.91 Å². The Hall–Kier alpha value is -2.63.